The first-order chi connectivity index (χ1) is 7.94. The van der Waals surface area contributed by atoms with E-state index in [-0.39, 0.29) is 11.4 Å². The van der Waals surface area contributed by atoms with Crippen LogP contribution in [0.1, 0.15) is 50.0 Å². The van der Waals surface area contributed by atoms with Gasteiger partial charge in [0, 0.05) is 11.1 Å². The van der Waals surface area contributed by atoms with Crippen LogP contribution < -0.4 is 5.32 Å². The lowest BCUT2D eigenvalue weighted by molar-refractivity contribution is 0.0919. The fourth-order valence-electron chi connectivity index (χ4n) is 1.50. The summed E-state index contributed by atoms with van der Waals surface area (Å²) in [5, 5.41) is 2.98. The molecule has 1 N–H and O–H groups in total. The van der Waals surface area contributed by atoms with E-state index >= 15 is 0 Å². The van der Waals surface area contributed by atoms with Crippen LogP contribution in [0.2, 0.25) is 0 Å². The van der Waals surface area contributed by atoms with Crippen molar-refractivity contribution in [3.05, 3.63) is 41.5 Å². The highest BCUT2D eigenvalue weighted by molar-refractivity contribution is 5.98. The van der Waals surface area contributed by atoms with E-state index < -0.39 is 0 Å². The Labute approximate surface area is 104 Å². The van der Waals surface area contributed by atoms with Crippen molar-refractivity contribution in [2.24, 2.45) is 0 Å². The zero-order valence-electron chi connectivity index (χ0n) is 11.1. The van der Waals surface area contributed by atoms with Crippen molar-refractivity contribution in [3.8, 4) is 0 Å². The molecule has 0 saturated carbocycles. The van der Waals surface area contributed by atoms with E-state index in [1.54, 1.807) is 0 Å². The van der Waals surface area contributed by atoms with E-state index in [1.165, 1.54) is 0 Å². The fourth-order valence-corrected chi connectivity index (χ4v) is 1.50. The van der Waals surface area contributed by atoms with E-state index in [4.69, 9.17) is 0 Å². The molecule has 0 saturated heterocycles. The number of allylic oxidation sites excluding steroid dienone is 1. The van der Waals surface area contributed by atoms with Gasteiger partial charge in [-0.05, 0) is 38.8 Å². The number of carbonyl (C=O) groups is 1. The molecule has 1 rings (SSSR count). The molecule has 0 aliphatic carbocycles. The van der Waals surface area contributed by atoms with E-state index in [2.05, 4.69) is 18.3 Å². The zero-order chi connectivity index (χ0) is 12.9. The molecular formula is C15H21NO. The van der Waals surface area contributed by atoms with Crippen LogP contribution in [0, 0.1) is 0 Å². The second-order valence-corrected chi connectivity index (χ2v) is 5.10. The average molecular weight is 231 g/mol. The molecular weight excluding hydrogens is 210 g/mol. The number of benzene rings is 1. The molecule has 0 aliphatic heterocycles. The van der Waals surface area contributed by atoms with Gasteiger partial charge in [-0.15, -0.1) is 0 Å². The highest BCUT2D eigenvalue weighted by atomic mass is 16.1. The molecule has 0 aromatic heterocycles. The van der Waals surface area contributed by atoms with Gasteiger partial charge in [0.1, 0.15) is 0 Å². The minimum absolute atomic E-state index is 0.0196. The predicted molar refractivity (Wildman–Crippen MR) is 73.0 cm³/mol. The highest BCUT2D eigenvalue weighted by Gasteiger charge is 2.16. The molecule has 1 aromatic carbocycles. The van der Waals surface area contributed by atoms with Crippen molar-refractivity contribution in [2.75, 3.05) is 0 Å². The second-order valence-electron chi connectivity index (χ2n) is 5.10. The van der Waals surface area contributed by atoms with Crippen LogP contribution in [0.5, 0.6) is 0 Å². The van der Waals surface area contributed by atoms with Gasteiger partial charge >= 0.3 is 0 Å². The number of amides is 1. The number of hydrogen-bond acceptors (Lipinski definition) is 1. The summed E-state index contributed by atoms with van der Waals surface area (Å²) in [4.78, 5) is 12.1. The molecule has 0 unspecified atom stereocenters. The normalized spacial score (nSPS) is 11.8. The average Bonchev–Trinajstić information content (AvgIpc) is 2.24. The molecule has 1 amide bonds. The minimum Gasteiger partial charge on any atom is -0.347 e. The van der Waals surface area contributed by atoms with Crippen molar-refractivity contribution in [3.63, 3.8) is 0 Å². The minimum atomic E-state index is -0.210. The first-order valence-electron chi connectivity index (χ1n) is 6.02. The van der Waals surface area contributed by atoms with E-state index in [1.807, 2.05) is 51.1 Å². The summed E-state index contributed by atoms with van der Waals surface area (Å²) in [5.41, 5.74) is 1.49. The zero-order valence-corrected chi connectivity index (χ0v) is 11.1. The Morgan fingerprint density at radius 2 is 1.94 bits per heavy atom. The SMILES string of the molecule is CC/C=C/c1ccccc1C(=O)NC(C)(C)C. The van der Waals surface area contributed by atoms with Crippen LogP contribution in [0.15, 0.2) is 30.3 Å². The van der Waals surface area contributed by atoms with Gasteiger partial charge in [-0.25, -0.2) is 0 Å². The van der Waals surface area contributed by atoms with E-state index in [9.17, 15) is 4.79 Å². The molecule has 0 fully saturated rings. The molecule has 1 aromatic rings. The summed E-state index contributed by atoms with van der Waals surface area (Å²) >= 11 is 0. The van der Waals surface area contributed by atoms with Gasteiger partial charge < -0.3 is 5.32 Å². The van der Waals surface area contributed by atoms with Gasteiger partial charge in [-0.2, -0.15) is 0 Å². The fraction of sp³-hybridized carbons (Fsp3) is 0.400. The largest absolute Gasteiger partial charge is 0.347 e. The molecule has 0 heterocycles. The van der Waals surface area contributed by atoms with Gasteiger partial charge in [0.05, 0.1) is 0 Å². The molecule has 92 valence electrons. The lowest BCUT2D eigenvalue weighted by atomic mass is 10.0. The van der Waals surface area contributed by atoms with E-state index in [0.717, 1.165) is 17.5 Å². The molecule has 17 heavy (non-hydrogen) atoms. The Balaban J connectivity index is 2.97. The third-order valence-corrected chi connectivity index (χ3v) is 2.23. The first kappa shape index (κ1) is 13.5. The van der Waals surface area contributed by atoms with Crippen LogP contribution in [-0.2, 0) is 0 Å². The third kappa shape index (κ3) is 4.43. The van der Waals surface area contributed by atoms with Crippen LogP contribution >= 0.6 is 0 Å². The summed E-state index contributed by atoms with van der Waals surface area (Å²) in [6, 6.07) is 7.66. The molecule has 2 nitrogen and oxygen atoms in total. The maximum absolute atomic E-state index is 12.1. The van der Waals surface area contributed by atoms with Crippen molar-refractivity contribution in [1.29, 1.82) is 0 Å². The Bertz CT molecular complexity index is 413. The Morgan fingerprint density at radius 1 is 1.29 bits per heavy atom. The summed E-state index contributed by atoms with van der Waals surface area (Å²) < 4.78 is 0. The molecule has 0 spiro atoms. The Kier molecular flexibility index (Phi) is 4.50. The maximum atomic E-state index is 12.1. The number of hydrogen-bond donors (Lipinski definition) is 1. The van der Waals surface area contributed by atoms with E-state index in [0.29, 0.717) is 0 Å². The lowest BCUT2D eigenvalue weighted by Crippen LogP contribution is -2.40. The summed E-state index contributed by atoms with van der Waals surface area (Å²) in [5.74, 6) is -0.0196. The van der Waals surface area contributed by atoms with Crippen LogP contribution in [-0.4, -0.2) is 11.4 Å². The van der Waals surface area contributed by atoms with Crippen molar-refractivity contribution < 1.29 is 4.79 Å². The van der Waals surface area contributed by atoms with Gasteiger partial charge in [0.25, 0.3) is 5.91 Å². The van der Waals surface area contributed by atoms with Gasteiger partial charge in [0.2, 0.25) is 0 Å². The summed E-state index contributed by atoms with van der Waals surface area (Å²) in [6.07, 6.45) is 5.02. The number of carbonyl (C=O) groups excluding carboxylic acids is 1. The summed E-state index contributed by atoms with van der Waals surface area (Å²) in [6.45, 7) is 8.02. The molecule has 2 heteroatoms. The molecule has 0 atom stereocenters. The molecule has 0 bridgehead atoms. The maximum Gasteiger partial charge on any atom is 0.252 e. The van der Waals surface area contributed by atoms with Gasteiger partial charge in [-0.3, -0.25) is 4.79 Å². The topological polar surface area (TPSA) is 29.1 Å². The predicted octanol–water partition coefficient (Wildman–Crippen LogP) is 3.64. The Hall–Kier alpha value is -1.57. The van der Waals surface area contributed by atoms with Crippen molar-refractivity contribution >= 4 is 12.0 Å². The van der Waals surface area contributed by atoms with Crippen LogP contribution in [0.3, 0.4) is 0 Å². The van der Waals surface area contributed by atoms with Gasteiger partial charge in [-0.1, -0.05) is 37.3 Å². The highest BCUT2D eigenvalue weighted by Crippen LogP contribution is 2.12. The van der Waals surface area contributed by atoms with Crippen molar-refractivity contribution in [1.82, 2.24) is 5.32 Å². The molecule has 0 aliphatic rings. The Morgan fingerprint density at radius 3 is 2.53 bits per heavy atom. The number of nitrogens with one attached hydrogen (secondary N) is 1. The van der Waals surface area contributed by atoms with Gasteiger partial charge in [0.15, 0.2) is 0 Å². The van der Waals surface area contributed by atoms with Crippen LogP contribution in [0.25, 0.3) is 6.08 Å². The smallest absolute Gasteiger partial charge is 0.252 e. The summed E-state index contributed by atoms with van der Waals surface area (Å²) in [7, 11) is 0. The van der Waals surface area contributed by atoms with Crippen molar-refractivity contribution in [2.45, 2.75) is 39.7 Å². The second kappa shape index (κ2) is 5.67. The van der Waals surface area contributed by atoms with Crippen LogP contribution in [0.4, 0.5) is 0 Å². The first-order valence-corrected chi connectivity index (χ1v) is 6.02. The lowest BCUT2D eigenvalue weighted by Gasteiger charge is -2.21. The number of rotatable bonds is 3. The standard InChI is InChI=1S/C15H21NO/c1-5-6-9-12-10-7-8-11-13(12)14(17)16-15(2,3)4/h6-11H,5H2,1-4H3,(H,16,17)/b9-6+. The monoisotopic (exact) mass is 231 g/mol. The third-order valence-electron chi connectivity index (χ3n) is 2.23. The quantitative estimate of drug-likeness (QED) is 0.845. The molecule has 0 radical (unpaired) electrons.